The SMILES string of the molecule is Cn1nc(C2CCC2)cc1NC(=O)NCc1ccccc1CO. The zero-order chi connectivity index (χ0) is 16.2. The summed E-state index contributed by atoms with van der Waals surface area (Å²) in [5.74, 6) is 1.23. The molecule has 0 saturated heterocycles. The molecule has 1 aromatic heterocycles. The summed E-state index contributed by atoms with van der Waals surface area (Å²) in [7, 11) is 1.83. The van der Waals surface area contributed by atoms with Gasteiger partial charge in [0.2, 0.25) is 0 Å². The number of aryl methyl sites for hydroxylation is 1. The number of amides is 2. The monoisotopic (exact) mass is 314 g/mol. The topological polar surface area (TPSA) is 79.2 Å². The molecule has 1 aromatic carbocycles. The third-order valence-corrected chi connectivity index (χ3v) is 4.39. The van der Waals surface area contributed by atoms with Gasteiger partial charge in [0.15, 0.2) is 0 Å². The van der Waals surface area contributed by atoms with E-state index in [1.165, 1.54) is 19.3 Å². The summed E-state index contributed by atoms with van der Waals surface area (Å²) >= 11 is 0. The van der Waals surface area contributed by atoms with Crippen LogP contribution in [0.25, 0.3) is 0 Å². The largest absolute Gasteiger partial charge is 0.392 e. The number of carbonyl (C=O) groups excluding carboxylic acids is 1. The Balaban J connectivity index is 1.58. The Hall–Kier alpha value is -2.34. The van der Waals surface area contributed by atoms with Gasteiger partial charge in [-0.05, 0) is 24.0 Å². The van der Waals surface area contributed by atoms with E-state index >= 15 is 0 Å². The van der Waals surface area contributed by atoms with Crippen molar-refractivity contribution in [3.63, 3.8) is 0 Å². The van der Waals surface area contributed by atoms with Crippen molar-refractivity contribution < 1.29 is 9.90 Å². The normalized spacial score (nSPS) is 14.3. The minimum absolute atomic E-state index is 0.0358. The number of aromatic nitrogens is 2. The second kappa shape index (κ2) is 6.83. The second-order valence-electron chi connectivity index (χ2n) is 5.94. The number of carbonyl (C=O) groups is 1. The molecule has 1 saturated carbocycles. The van der Waals surface area contributed by atoms with Crippen LogP contribution in [-0.4, -0.2) is 20.9 Å². The maximum Gasteiger partial charge on any atom is 0.320 e. The third kappa shape index (κ3) is 3.53. The van der Waals surface area contributed by atoms with Gasteiger partial charge in [-0.1, -0.05) is 30.7 Å². The van der Waals surface area contributed by atoms with Gasteiger partial charge in [0.25, 0.3) is 0 Å². The van der Waals surface area contributed by atoms with Crippen molar-refractivity contribution in [1.82, 2.24) is 15.1 Å². The molecule has 1 aliphatic carbocycles. The van der Waals surface area contributed by atoms with Crippen LogP contribution in [0, 0.1) is 0 Å². The van der Waals surface area contributed by atoms with E-state index < -0.39 is 0 Å². The molecular weight excluding hydrogens is 292 g/mol. The molecule has 3 N–H and O–H groups in total. The van der Waals surface area contributed by atoms with Crippen LogP contribution < -0.4 is 10.6 Å². The van der Waals surface area contributed by atoms with Crippen LogP contribution in [0.2, 0.25) is 0 Å². The first kappa shape index (κ1) is 15.6. The van der Waals surface area contributed by atoms with Gasteiger partial charge >= 0.3 is 6.03 Å². The minimum Gasteiger partial charge on any atom is -0.392 e. The third-order valence-electron chi connectivity index (χ3n) is 4.39. The molecule has 1 fully saturated rings. The number of hydrogen-bond acceptors (Lipinski definition) is 3. The Kier molecular flexibility index (Phi) is 4.62. The summed E-state index contributed by atoms with van der Waals surface area (Å²) in [4.78, 5) is 12.1. The smallest absolute Gasteiger partial charge is 0.320 e. The quantitative estimate of drug-likeness (QED) is 0.793. The lowest BCUT2D eigenvalue weighted by atomic mass is 9.83. The van der Waals surface area contributed by atoms with E-state index in [-0.39, 0.29) is 12.6 Å². The molecule has 2 amide bonds. The fraction of sp³-hybridized carbons (Fsp3) is 0.412. The average Bonchev–Trinajstić information content (AvgIpc) is 2.84. The molecule has 3 rings (SSSR count). The summed E-state index contributed by atoms with van der Waals surface area (Å²) in [5, 5.41) is 19.4. The molecule has 23 heavy (non-hydrogen) atoms. The molecule has 0 unspecified atom stereocenters. The van der Waals surface area contributed by atoms with Gasteiger partial charge < -0.3 is 10.4 Å². The number of aliphatic hydroxyl groups excluding tert-OH is 1. The molecule has 0 atom stereocenters. The van der Waals surface area contributed by atoms with Gasteiger partial charge in [-0.3, -0.25) is 10.00 Å². The zero-order valence-electron chi connectivity index (χ0n) is 13.2. The van der Waals surface area contributed by atoms with Crippen LogP contribution in [0.3, 0.4) is 0 Å². The molecule has 6 nitrogen and oxygen atoms in total. The van der Waals surface area contributed by atoms with Crippen molar-refractivity contribution in [2.24, 2.45) is 7.05 Å². The number of urea groups is 1. The first-order valence-electron chi connectivity index (χ1n) is 7.94. The van der Waals surface area contributed by atoms with Crippen LogP contribution in [0.15, 0.2) is 30.3 Å². The maximum absolute atomic E-state index is 12.1. The fourth-order valence-corrected chi connectivity index (χ4v) is 2.73. The molecule has 0 spiro atoms. The molecule has 122 valence electrons. The first-order chi connectivity index (χ1) is 11.2. The summed E-state index contributed by atoms with van der Waals surface area (Å²) in [6.45, 7) is 0.335. The van der Waals surface area contributed by atoms with E-state index in [4.69, 9.17) is 0 Å². The summed E-state index contributed by atoms with van der Waals surface area (Å²) in [6.07, 6.45) is 3.62. The highest BCUT2D eigenvalue weighted by atomic mass is 16.3. The Morgan fingerprint density at radius 1 is 1.35 bits per heavy atom. The van der Waals surface area contributed by atoms with Crippen molar-refractivity contribution in [3.05, 3.63) is 47.2 Å². The minimum atomic E-state index is -0.277. The molecule has 1 heterocycles. The number of rotatable bonds is 5. The number of anilines is 1. The molecule has 1 aliphatic rings. The standard InChI is InChI=1S/C17H22N4O2/c1-21-16(9-15(20-21)12-7-4-8-12)19-17(23)18-10-13-5-2-3-6-14(13)11-22/h2-3,5-6,9,12,22H,4,7-8,10-11H2,1H3,(H2,18,19,23). The number of hydrogen-bond donors (Lipinski definition) is 3. The van der Waals surface area contributed by atoms with Crippen molar-refractivity contribution in [3.8, 4) is 0 Å². The maximum atomic E-state index is 12.1. The lowest BCUT2D eigenvalue weighted by Gasteiger charge is -2.22. The van der Waals surface area contributed by atoms with Crippen molar-refractivity contribution in [2.75, 3.05) is 5.32 Å². The predicted octanol–water partition coefficient (Wildman–Crippen LogP) is 2.50. The molecule has 0 bridgehead atoms. The van der Waals surface area contributed by atoms with Gasteiger partial charge in [-0.2, -0.15) is 5.10 Å². The average molecular weight is 314 g/mol. The Bertz CT molecular complexity index is 692. The Morgan fingerprint density at radius 3 is 2.74 bits per heavy atom. The molecule has 0 aliphatic heterocycles. The predicted molar refractivity (Wildman–Crippen MR) is 88.0 cm³/mol. The highest BCUT2D eigenvalue weighted by Gasteiger charge is 2.23. The molecule has 0 radical (unpaired) electrons. The van der Waals surface area contributed by atoms with Crippen LogP contribution in [0.4, 0.5) is 10.6 Å². The zero-order valence-corrected chi connectivity index (χ0v) is 13.2. The van der Waals surface area contributed by atoms with Crippen LogP contribution in [0.1, 0.15) is 42.0 Å². The lowest BCUT2D eigenvalue weighted by molar-refractivity contribution is 0.251. The van der Waals surface area contributed by atoms with Gasteiger partial charge in [-0.15, -0.1) is 0 Å². The number of benzene rings is 1. The Morgan fingerprint density at radius 2 is 2.09 bits per heavy atom. The van der Waals surface area contributed by atoms with E-state index in [2.05, 4.69) is 15.7 Å². The number of nitrogens with one attached hydrogen (secondary N) is 2. The van der Waals surface area contributed by atoms with Crippen molar-refractivity contribution >= 4 is 11.8 Å². The van der Waals surface area contributed by atoms with E-state index in [1.807, 2.05) is 37.4 Å². The van der Waals surface area contributed by atoms with Crippen LogP contribution in [-0.2, 0) is 20.2 Å². The molecular formula is C17H22N4O2. The second-order valence-corrected chi connectivity index (χ2v) is 5.94. The van der Waals surface area contributed by atoms with Crippen LogP contribution >= 0.6 is 0 Å². The van der Waals surface area contributed by atoms with Gasteiger partial charge in [0, 0.05) is 25.6 Å². The van der Waals surface area contributed by atoms with E-state index in [0.717, 1.165) is 16.8 Å². The summed E-state index contributed by atoms with van der Waals surface area (Å²) in [5.41, 5.74) is 2.78. The lowest BCUT2D eigenvalue weighted by Crippen LogP contribution is -2.29. The summed E-state index contributed by atoms with van der Waals surface area (Å²) in [6, 6.07) is 9.17. The number of aliphatic hydroxyl groups is 1. The highest BCUT2D eigenvalue weighted by Crippen LogP contribution is 2.36. The highest BCUT2D eigenvalue weighted by molar-refractivity contribution is 5.88. The van der Waals surface area contributed by atoms with E-state index in [0.29, 0.717) is 18.3 Å². The summed E-state index contributed by atoms with van der Waals surface area (Å²) < 4.78 is 1.70. The van der Waals surface area contributed by atoms with Gasteiger partial charge in [-0.25, -0.2) is 4.79 Å². The first-order valence-corrected chi connectivity index (χ1v) is 7.94. The molecule has 6 heteroatoms. The Labute approximate surface area is 135 Å². The van der Waals surface area contributed by atoms with Crippen molar-refractivity contribution in [1.29, 1.82) is 0 Å². The fourth-order valence-electron chi connectivity index (χ4n) is 2.73. The van der Waals surface area contributed by atoms with Gasteiger partial charge in [0.1, 0.15) is 5.82 Å². The van der Waals surface area contributed by atoms with Crippen LogP contribution in [0.5, 0.6) is 0 Å². The molecule has 2 aromatic rings. The van der Waals surface area contributed by atoms with E-state index in [9.17, 15) is 9.90 Å². The van der Waals surface area contributed by atoms with Gasteiger partial charge in [0.05, 0.1) is 12.3 Å². The van der Waals surface area contributed by atoms with E-state index in [1.54, 1.807) is 4.68 Å². The van der Waals surface area contributed by atoms with Crippen molar-refractivity contribution in [2.45, 2.75) is 38.3 Å². The number of nitrogens with zero attached hydrogens (tertiary/aromatic N) is 2.